The molecule has 0 radical (unpaired) electrons. The smallest absolute Gasteiger partial charge is 0.261 e. The molecule has 0 saturated heterocycles. The lowest BCUT2D eigenvalue weighted by molar-refractivity contribution is -0.114. The highest BCUT2D eigenvalue weighted by Gasteiger charge is 2.07. The molecule has 16 heavy (non-hydrogen) atoms. The third-order valence-electron chi connectivity index (χ3n) is 1.98. The topological polar surface area (TPSA) is 74.8 Å². The largest absolute Gasteiger partial charge is 0.296 e. The number of rotatable bonds is 1. The Morgan fingerprint density at radius 1 is 1.50 bits per heavy atom. The number of H-pyrrole nitrogens is 1. The number of carbonyl (C=O) groups is 1. The first kappa shape index (κ1) is 10.8. The number of hydrogen-bond acceptors (Lipinski definition) is 3. The molecular weight excluding hydrogens is 274 g/mol. The summed E-state index contributed by atoms with van der Waals surface area (Å²) in [6.07, 6.45) is 0. The van der Waals surface area contributed by atoms with Gasteiger partial charge in [0, 0.05) is 11.4 Å². The Labute approximate surface area is 99.0 Å². The zero-order chi connectivity index (χ0) is 11.7. The van der Waals surface area contributed by atoms with Crippen LogP contribution in [0.3, 0.4) is 0 Å². The van der Waals surface area contributed by atoms with E-state index in [-0.39, 0.29) is 17.4 Å². The molecule has 0 atom stereocenters. The third-order valence-corrected chi connectivity index (χ3v) is 2.64. The number of hydrogen-bond donors (Lipinski definition) is 2. The van der Waals surface area contributed by atoms with Gasteiger partial charge in [-0.2, -0.15) is 0 Å². The molecule has 2 rings (SSSR count). The second-order valence-corrected chi connectivity index (χ2v) is 4.08. The minimum Gasteiger partial charge on any atom is -0.296 e. The standard InChI is InChI=1S/C10H8BrN3O2/c1-5(15)12-10-13-7-4-2-3-6(11)8(7)9(16)14-10/h2-4H,1H3,(H2,12,13,14,15,16). The maximum atomic E-state index is 11.7. The quantitative estimate of drug-likeness (QED) is 0.835. The number of nitrogens with one attached hydrogen (secondary N) is 2. The molecule has 0 saturated carbocycles. The van der Waals surface area contributed by atoms with Gasteiger partial charge in [-0.1, -0.05) is 6.07 Å². The summed E-state index contributed by atoms with van der Waals surface area (Å²) in [5.74, 6) is -0.124. The summed E-state index contributed by atoms with van der Waals surface area (Å²) in [5.41, 5.74) is 0.239. The molecule has 1 heterocycles. The Morgan fingerprint density at radius 2 is 2.25 bits per heavy atom. The fourth-order valence-corrected chi connectivity index (χ4v) is 1.91. The maximum absolute atomic E-state index is 11.7. The fraction of sp³-hybridized carbons (Fsp3) is 0.100. The van der Waals surface area contributed by atoms with Crippen LogP contribution in [0.25, 0.3) is 10.9 Å². The fourth-order valence-electron chi connectivity index (χ4n) is 1.38. The maximum Gasteiger partial charge on any atom is 0.261 e. The summed E-state index contributed by atoms with van der Waals surface area (Å²) >= 11 is 3.28. The van der Waals surface area contributed by atoms with E-state index in [1.807, 2.05) is 0 Å². The van der Waals surface area contributed by atoms with E-state index in [0.29, 0.717) is 15.4 Å². The van der Waals surface area contributed by atoms with E-state index in [4.69, 9.17) is 0 Å². The highest BCUT2D eigenvalue weighted by molar-refractivity contribution is 9.10. The molecule has 2 N–H and O–H groups in total. The van der Waals surface area contributed by atoms with Crippen molar-refractivity contribution in [3.8, 4) is 0 Å². The van der Waals surface area contributed by atoms with E-state index in [1.54, 1.807) is 18.2 Å². The Bertz CT molecular complexity index is 621. The van der Waals surface area contributed by atoms with Crippen molar-refractivity contribution in [2.24, 2.45) is 0 Å². The first-order valence-electron chi connectivity index (χ1n) is 4.54. The lowest BCUT2D eigenvalue weighted by atomic mass is 10.2. The molecule has 1 amide bonds. The van der Waals surface area contributed by atoms with Gasteiger partial charge in [0.15, 0.2) is 0 Å². The molecule has 0 bridgehead atoms. The van der Waals surface area contributed by atoms with Crippen LogP contribution < -0.4 is 10.9 Å². The van der Waals surface area contributed by atoms with Crippen molar-refractivity contribution in [2.45, 2.75) is 6.92 Å². The summed E-state index contributed by atoms with van der Waals surface area (Å²) in [5, 5.41) is 2.91. The summed E-state index contributed by atoms with van der Waals surface area (Å²) in [6, 6.07) is 5.24. The summed E-state index contributed by atoms with van der Waals surface area (Å²) in [7, 11) is 0. The Kier molecular flexibility index (Phi) is 2.74. The molecule has 0 aliphatic carbocycles. The SMILES string of the molecule is CC(=O)Nc1nc2cccc(Br)c2c(=O)[nH]1. The number of benzene rings is 1. The van der Waals surface area contributed by atoms with Crippen molar-refractivity contribution in [1.29, 1.82) is 0 Å². The minimum absolute atomic E-state index is 0.156. The highest BCUT2D eigenvalue weighted by Crippen LogP contribution is 2.19. The molecule has 6 heteroatoms. The Hall–Kier alpha value is -1.69. The molecule has 82 valence electrons. The number of aromatic nitrogens is 2. The number of fused-ring (bicyclic) bond motifs is 1. The third kappa shape index (κ3) is 1.96. The zero-order valence-electron chi connectivity index (χ0n) is 8.37. The second-order valence-electron chi connectivity index (χ2n) is 3.23. The van der Waals surface area contributed by atoms with Gasteiger partial charge >= 0.3 is 0 Å². The molecule has 0 aliphatic heterocycles. The number of halogens is 1. The Balaban J connectivity index is 2.69. The van der Waals surface area contributed by atoms with Gasteiger partial charge in [0.2, 0.25) is 11.9 Å². The number of carbonyl (C=O) groups excluding carboxylic acids is 1. The molecule has 5 nitrogen and oxygen atoms in total. The van der Waals surface area contributed by atoms with Gasteiger partial charge < -0.3 is 0 Å². The molecule has 0 aliphatic rings. The summed E-state index contributed by atoms with van der Waals surface area (Å²) < 4.78 is 0.674. The van der Waals surface area contributed by atoms with E-state index in [1.165, 1.54) is 6.92 Å². The van der Waals surface area contributed by atoms with Gasteiger partial charge in [-0.3, -0.25) is 19.9 Å². The molecule has 2 aromatic rings. The van der Waals surface area contributed by atoms with Gasteiger partial charge in [-0.05, 0) is 28.1 Å². The van der Waals surface area contributed by atoms with Gasteiger partial charge in [0.05, 0.1) is 10.9 Å². The normalized spacial score (nSPS) is 10.4. The van der Waals surface area contributed by atoms with Crippen LogP contribution in [0, 0.1) is 0 Å². The average molecular weight is 282 g/mol. The van der Waals surface area contributed by atoms with Crippen molar-refractivity contribution in [2.75, 3.05) is 5.32 Å². The van der Waals surface area contributed by atoms with Gasteiger partial charge in [-0.25, -0.2) is 4.98 Å². The van der Waals surface area contributed by atoms with Crippen molar-refractivity contribution in [1.82, 2.24) is 9.97 Å². The predicted molar refractivity (Wildman–Crippen MR) is 64.4 cm³/mol. The lowest BCUT2D eigenvalue weighted by Gasteiger charge is -2.03. The van der Waals surface area contributed by atoms with Gasteiger partial charge in [0.25, 0.3) is 5.56 Å². The summed E-state index contributed by atoms with van der Waals surface area (Å²) in [4.78, 5) is 29.2. The first-order chi connectivity index (χ1) is 7.58. The van der Waals surface area contributed by atoms with E-state index in [2.05, 4.69) is 31.2 Å². The van der Waals surface area contributed by atoms with Crippen LogP contribution in [0.5, 0.6) is 0 Å². The van der Waals surface area contributed by atoms with Crippen molar-refractivity contribution in [3.05, 3.63) is 33.0 Å². The monoisotopic (exact) mass is 281 g/mol. The molecule has 0 unspecified atom stereocenters. The molecule has 0 fully saturated rings. The number of anilines is 1. The number of amides is 1. The molecule has 0 spiro atoms. The van der Waals surface area contributed by atoms with E-state index in [9.17, 15) is 9.59 Å². The average Bonchev–Trinajstić information content (AvgIpc) is 2.15. The molecule has 1 aromatic carbocycles. The van der Waals surface area contributed by atoms with Crippen LogP contribution >= 0.6 is 15.9 Å². The van der Waals surface area contributed by atoms with Crippen LogP contribution in [0.15, 0.2) is 27.5 Å². The second kappa shape index (κ2) is 4.05. The lowest BCUT2D eigenvalue weighted by Crippen LogP contribution is -2.16. The van der Waals surface area contributed by atoms with Crippen LogP contribution in [-0.4, -0.2) is 15.9 Å². The van der Waals surface area contributed by atoms with Crippen LogP contribution in [0.1, 0.15) is 6.92 Å². The van der Waals surface area contributed by atoms with Crippen molar-refractivity contribution >= 4 is 38.7 Å². The minimum atomic E-state index is -0.291. The van der Waals surface area contributed by atoms with Crippen molar-refractivity contribution < 1.29 is 4.79 Å². The molecule has 1 aromatic heterocycles. The molecular formula is C10H8BrN3O2. The van der Waals surface area contributed by atoms with Crippen molar-refractivity contribution in [3.63, 3.8) is 0 Å². The van der Waals surface area contributed by atoms with Crippen LogP contribution in [0.4, 0.5) is 5.95 Å². The van der Waals surface area contributed by atoms with Gasteiger partial charge in [0.1, 0.15) is 0 Å². The number of nitrogens with zero attached hydrogens (tertiary/aromatic N) is 1. The zero-order valence-corrected chi connectivity index (χ0v) is 9.96. The Morgan fingerprint density at radius 3 is 2.94 bits per heavy atom. The van der Waals surface area contributed by atoms with Crippen LogP contribution in [-0.2, 0) is 4.79 Å². The van der Waals surface area contributed by atoms with Gasteiger partial charge in [-0.15, -0.1) is 0 Å². The van der Waals surface area contributed by atoms with Crippen LogP contribution in [0.2, 0.25) is 0 Å². The predicted octanol–water partition coefficient (Wildman–Crippen LogP) is 1.64. The van der Waals surface area contributed by atoms with E-state index >= 15 is 0 Å². The highest BCUT2D eigenvalue weighted by atomic mass is 79.9. The van der Waals surface area contributed by atoms with E-state index in [0.717, 1.165) is 0 Å². The summed E-state index contributed by atoms with van der Waals surface area (Å²) in [6.45, 7) is 1.35. The first-order valence-corrected chi connectivity index (χ1v) is 5.33. The van der Waals surface area contributed by atoms with E-state index < -0.39 is 0 Å². The number of aromatic amines is 1.